The molecular formula is C10H23Cl2N2+. The number of hydrogen-bond acceptors (Lipinski definition) is 1. The Morgan fingerprint density at radius 1 is 1.14 bits per heavy atom. The van der Waals surface area contributed by atoms with E-state index < -0.39 is 0 Å². The average molecular weight is 242 g/mol. The second-order valence-electron chi connectivity index (χ2n) is 5.18. The fourth-order valence-electron chi connectivity index (χ4n) is 1.38. The van der Waals surface area contributed by atoms with E-state index in [2.05, 4.69) is 34.9 Å². The van der Waals surface area contributed by atoms with Gasteiger partial charge in [-0.3, -0.25) is 0 Å². The Morgan fingerprint density at radius 2 is 1.64 bits per heavy atom. The molecule has 0 aliphatic carbocycles. The van der Waals surface area contributed by atoms with E-state index in [1.807, 2.05) is 0 Å². The minimum absolute atomic E-state index is 0.146. The fourth-order valence-corrected chi connectivity index (χ4v) is 1.55. The second-order valence-corrected chi connectivity index (χ2v) is 6.03. The highest BCUT2D eigenvalue weighted by Crippen LogP contribution is 2.24. The average Bonchev–Trinajstić information content (AvgIpc) is 2.01. The molecule has 0 aliphatic rings. The molecule has 0 aromatic carbocycles. The van der Waals surface area contributed by atoms with Crippen molar-refractivity contribution in [1.82, 2.24) is 3.94 Å². The van der Waals surface area contributed by atoms with Crippen molar-refractivity contribution in [2.45, 2.75) is 39.2 Å². The molecule has 0 saturated carbocycles. The number of quaternary nitrogens is 1. The predicted octanol–water partition coefficient (Wildman–Crippen LogP) is 3.25. The Balaban J connectivity index is 4.04. The Labute approximate surface area is 98.6 Å². The van der Waals surface area contributed by atoms with Gasteiger partial charge in [0.25, 0.3) is 0 Å². The smallest absolute Gasteiger partial charge is 0.0801 e. The molecule has 0 radical (unpaired) electrons. The standard InChI is InChI=1S/C10H23Cl2N2/c1-6-8-14(4,5)9-7-10(2,3)13(11)12/h6-9H2,1-5H3/q+1. The first-order valence-corrected chi connectivity index (χ1v) is 5.83. The van der Waals surface area contributed by atoms with Gasteiger partial charge >= 0.3 is 0 Å². The van der Waals surface area contributed by atoms with Crippen LogP contribution in [0.5, 0.6) is 0 Å². The van der Waals surface area contributed by atoms with E-state index in [-0.39, 0.29) is 5.54 Å². The molecule has 0 saturated heterocycles. The van der Waals surface area contributed by atoms with Crippen LogP contribution in [-0.2, 0) is 0 Å². The van der Waals surface area contributed by atoms with E-state index in [1.165, 1.54) is 16.9 Å². The minimum atomic E-state index is -0.146. The lowest BCUT2D eigenvalue weighted by Crippen LogP contribution is -2.45. The summed E-state index contributed by atoms with van der Waals surface area (Å²) >= 11 is 11.5. The fraction of sp³-hybridized carbons (Fsp3) is 1.00. The van der Waals surface area contributed by atoms with Gasteiger partial charge in [0.05, 0.1) is 32.7 Å². The Morgan fingerprint density at radius 3 is 2.00 bits per heavy atom. The third-order valence-electron chi connectivity index (χ3n) is 2.62. The maximum absolute atomic E-state index is 5.77. The van der Waals surface area contributed by atoms with E-state index in [9.17, 15) is 0 Å². The molecule has 4 heteroatoms. The first-order chi connectivity index (χ1) is 6.21. The topological polar surface area (TPSA) is 3.24 Å². The van der Waals surface area contributed by atoms with Crippen LogP contribution in [0.4, 0.5) is 0 Å². The van der Waals surface area contributed by atoms with Crippen molar-refractivity contribution in [2.75, 3.05) is 27.2 Å². The molecule has 0 aromatic heterocycles. The molecule has 0 atom stereocenters. The summed E-state index contributed by atoms with van der Waals surface area (Å²) in [6.07, 6.45) is 2.20. The molecule has 0 N–H and O–H groups in total. The van der Waals surface area contributed by atoms with Gasteiger partial charge in [-0.15, -0.1) is 3.94 Å². The molecule has 0 rings (SSSR count). The van der Waals surface area contributed by atoms with Crippen molar-refractivity contribution in [3.8, 4) is 0 Å². The van der Waals surface area contributed by atoms with E-state index in [4.69, 9.17) is 23.6 Å². The first kappa shape index (κ1) is 14.5. The zero-order valence-electron chi connectivity index (χ0n) is 9.98. The first-order valence-electron chi connectivity index (χ1n) is 5.15. The lowest BCUT2D eigenvalue weighted by Gasteiger charge is -2.34. The molecular weight excluding hydrogens is 219 g/mol. The third kappa shape index (κ3) is 5.40. The normalized spacial score (nSPS) is 13.7. The summed E-state index contributed by atoms with van der Waals surface area (Å²) in [7, 11) is 4.48. The lowest BCUT2D eigenvalue weighted by atomic mass is 10.0. The van der Waals surface area contributed by atoms with Crippen molar-refractivity contribution in [2.24, 2.45) is 0 Å². The molecule has 2 nitrogen and oxygen atoms in total. The van der Waals surface area contributed by atoms with Gasteiger partial charge < -0.3 is 4.48 Å². The second kappa shape index (κ2) is 5.55. The van der Waals surface area contributed by atoms with Gasteiger partial charge in [-0.2, -0.15) is 0 Å². The highest BCUT2D eigenvalue weighted by molar-refractivity contribution is 6.34. The van der Waals surface area contributed by atoms with E-state index in [1.54, 1.807) is 0 Å². The van der Waals surface area contributed by atoms with E-state index >= 15 is 0 Å². The molecule has 0 aliphatic heterocycles. The van der Waals surface area contributed by atoms with Crippen molar-refractivity contribution in [3.05, 3.63) is 0 Å². The molecule has 0 aromatic rings. The van der Waals surface area contributed by atoms with Crippen molar-refractivity contribution in [3.63, 3.8) is 0 Å². The Hall–Kier alpha value is 0.500. The highest BCUT2D eigenvalue weighted by Gasteiger charge is 2.27. The largest absolute Gasteiger partial charge is 0.328 e. The van der Waals surface area contributed by atoms with Crippen LogP contribution >= 0.6 is 23.6 Å². The van der Waals surface area contributed by atoms with Crippen molar-refractivity contribution in [1.29, 1.82) is 0 Å². The van der Waals surface area contributed by atoms with Gasteiger partial charge in [0.2, 0.25) is 0 Å². The third-order valence-corrected chi connectivity index (χ3v) is 3.53. The summed E-state index contributed by atoms with van der Waals surface area (Å²) in [4.78, 5) is 0. The molecule has 0 spiro atoms. The molecule has 0 unspecified atom stereocenters. The summed E-state index contributed by atoms with van der Waals surface area (Å²) in [5.41, 5.74) is -0.146. The van der Waals surface area contributed by atoms with Gasteiger partial charge in [-0.1, -0.05) is 6.92 Å². The van der Waals surface area contributed by atoms with Gasteiger partial charge in [0.1, 0.15) is 0 Å². The van der Waals surface area contributed by atoms with Crippen LogP contribution in [0, 0.1) is 0 Å². The van der Waals surface area contributed by atoms with Crippen LogP contribution in [0.2, 0.25) is 0 Å². The summed E-state index contributed by atoms with van der Waals surface area (Å²) in [5.74, 6) is 0. The van der Waals surface area contributed by atoms with E-state index in [0.29, 0.717) is 0 Å². The number of nitrogens with zero attached hydrogens (tertiary/aromatic N) is 2. The van der Waals surface area contributed by atoms with Gasteiger partial charge in [-0.25, -0.2) is 0 Å². The Bertz CT molecular complexity index is 168. The van der Waals surface area contributed by atoms with Crippen LogP contribution in [0.25, 0.3) is 0 Å². The van der Waals surface area contributed by atoms with E-state index in [0.717, 1.165) is 17.4 Å². The van der Waals surface area contributed by atoms with Crippen molar-refractivity contribution < 1.29 is 4.48 Å². The SMILES string of the molecule is CCC[N+](C)(C)CCC(C)(C)N(Cl)Cl. The highest BCUT2D eigenvalue weighted by atomic mass is 35.5. The lowest BCUT2D eigenvalue weighted by molar-refractivity contribution is -0.891. The zero-order valence-corrected chi connectivity index (χ0v) is 11.5. The zero-order chi connectivity index (χ0) is 11.4. The molecule has 0 heterocycles. The summed E-state index contributed by atoms with van der Waals surface area (Å²) < 4.78 is 2.29. The number of hydrogen-bond donors (Lipinski definition) is 0. The predicted molar refractivity (Wildman–Crippen MR) is 64.4 cm³/mol. The van der Waals surface area contributed by atoms with Crippen LogP contribution < -0.4 is 0 Å². The van der Waals surface area contributed by atoms with Crippen LogP contribution in [-0.4, -0.2) is 41.1 Å². The monoisotopic (exact) mass is 241 g/mol. The quantitative estimate of drug-likeness (QED) is 0.510. The van der Waals surface area contributed by atoms with Crippen LogP contribution in [0.1, 0.15) is 33.6 Å². The van der Waals surface area contributed by atoms with Gasteiger partial charge in [-0.05, 0) is 43.8 Å². The molecule has 14 heavy (non-hydrogen) atoms. The maximum atomic E-state index is 5.77. The summed E-state index contributed by atoms with van der Waals surface area (Å²) in [6.45, 7) is 8.61. The minimum Gasteiger partial charge on any atom is -0.328 e. The molecule has 86 valence electrons. The van der Waals surface area contributed by atoms with Gasteiger partial charge in [0.15, 0.2) is 0 Å². The number of halogens is 2. The molecule has 0 bridgehead atoms. The van der Waals surface area contributed by atoms with Crippen LogP contribution in [0.3, 0.4) is 0 Å². The van der Waals surface area contributed by atoms with Crippen LogP contribution in [0.15, 0.2) is 0 Å². The van der Waals surface area contributed by atoms with Gasteiger partial charge in [0, 0.05) is 6.42 Å². The molecule has 0 fully saturated rings. The Kier molecular flexibility index (Phi) is 5.75. The summed E-state index contributed by atoms with van der Waals surface area (Å²) in [6, 6.07) is 0. The van der Waals surface area contributed by atoms with Crippen molar-refractivity contribution >= 4 is 23.6 Å². The maximum Gasteiger partial charge on any atom is 0.0801 e. The summed E-state index contributed by atoms with van der Waals surface area (Å²) in [5, 5.41) is 0. The molecule has 0 amide bonds. The number of rotatable bonds is 6.